The molecule has 0 atom stereocenters. The topological polar surface area (TPSA) is 86.0 Å². The van der Waals surface area contributed by atoms with E-state index in [0.29, 0.717) is 11.4 Å². The van der Waals surface area contributed by atoms with Crippen molar-refractivity contribution in [3.05, 3.63) is 122 Å². The average molecular weight is 430 g/mol. The Labute approximate surface area is 182 Å². The van der Waals surface area contributed by atoms with Crippen LogP contribution in [0.2, 0.25) is 0 Å². The molecule has 0 saturated heterocycles. The minimum Gasteiger partial charge on any atom is -0.320 e. The second kappa shape index (κ2) is 8.81. The molecule has 160 valence electrons. The van der Waals surface area contributed by atoms with Gasteiger partial charge in [0, 0.05) is 5.69 Å². The summed E-state index contributed by atoms with van der Waals surface area (Å²) in [7, 11) is 0. The Hall–Kier alpha value is -4.33. The lowest BCUT2D eigenvalue weighted by atomic mass is 10.1. The zero-order chi connectivity index (χ0) is 22.7. The van der Waals surface area contributed by atoms with Crippen LogP contribution in [0.3, 0.4) is 0 Å². The van der Waals surface area contributed by atoms with E-state index in [1.165, 1.54) is 24.3 Å². The number of hydrogen-bond donors (Lipinski definition) is 1. The summed E-state index contributed by atoms with van der Waals surface area (Å²) >= 11 is 0. The highest BCUT2D eigenvalue weighted by atomic mass is 19.1. The number of nitrogens with zero attached hydrogens (tertiary/aromatic N) is 3. The average Bonchev–Trinajstić information content (AvgIpc) is 2.79. The zero-order valence-corrected chi connectivity index (χ0v) is 17.2. The number of aryl methyl sites for hydroxylation is 1. The number of anilines is 1. The lowest BCUT2D eigenvalue weighted by Crippen LogP contribution is -2.45. The summed E-state index contributed by atoms with van der Waals surface area (Å²) in [5.74, 6) is -1.26. The van der Waals surface area contributed by atoms with Crippen molar-refractivity contribution in [2.75, 3.05) is 5.32 Å². The molecule has 1 aromatic heterocycles. The minimum atomic E-state index is -0.816. The highest BCUT2D eigenvalue weighted by molar-refractivity contribution is 6.02. The van der Waals surface area contributed by atoms with Crippen LogP contribution >= 0.6 is 0 Å². The van der Waals surface area contributed by atoms with Gasteiger partial charge in [0.2, 0.25) is 5.69 Å². The van der Waals surface area contributed by atoms with E-state index in [1.807, 2.05) is 25.1 Å². The maximum absolute atomic E-state index is 13.2. The summed E-state index contributed by atoms with van der Waals surface area (Å²) in [6, 6.07) is 21.0. The molecule has 0 aliphatic heterocycles. The lowest BCUT2D eigenvalue weighted by Gasteiger charge is -2.12. The van der Waals surface area contributed by atoms with Crippen LogP contribution in [0.4, 0.5) is 10.1 Å². The van der Waals surface area contributed by atoms with Gasteiger partial charge in [0.15, 0.2) is 0 Å². The summed E-state index contributed by atoms with van der Waals surface area (Å²) in [5, 5.41) is 6.59. The molecule has 1 amide bonds. The Morgan fingerprint density at radius 3 is 2.38 bits per heavy atom. The Morgan fingerprint density at radius 2 is 1.69 bits per heavy atom. The second-order valence-electron chi connectivity index (χ2n) is 7.22. The Bertz CT molecular complexity index is 1390. The third-order valence-electron chi connectivity index (χ3n) is 4.80. The zero-order valence-electron chi connectivity index (χ0n) is 17.2. The number of aromatic nitrogens is 3. The van der Waals surface area contributed by atoms with Gasteiger partial charge in [-0.2, -0.15) is 9.78 Å². The van der Waals surface area contributed by atoms with E-state index in [4.69, 9.17) is 0 Å². The molecule has 0 aliphatic carbocycles. The van der Waals surface area contributed by atoms with Crippen molar-refractivity contribution >= 4 is 11.6 Å². The molecule has 4 rings (SSSR count). The van der Waals surface area contributed by atoms with Crippen molar-refractivity contribution in [2.45, 2.75) is 13.5 Å². The molecule has 0 unspecified atom stereocenters. The van der Waals surface area contributed by atoms with Crippen molar-refractivity contribution in [3.8, 4) is 5.69 Å². The number of rotatable bonds is 5. The predicted octanol–water partition coefficient (Wildman–Crippen LogP) is 3.14. The summed E-state index contributed by atoms with van der Waals surface area (Å²) in [4.78, 5) is 39.1. The number of carbonyl (C=O) groups excluding carboxylic acids is 1. The normalized spacial score (nSPS) is 10.7. The van der Waals surface area contributed by atoms with E-state index < -0.39 is 28.7 Å². The van der Waals surface area contributed by atoms with Crippen molar-refractivity contribution < 1.29 is 9.18 Å². The number of nitrogens with one attached hydrogen (secondary N) is 1. The number of halogens is 1. The van der Waals surface area contributed by atoms with Crippen LogP contribution in [0.5, 0.6) is 0 Å². The molecule has 3 aromatic carbocycles. The summed E-state index contributed by atoms with van der Waals surface area (Å²) in [5.41, 5.74) is 0.476. The van der Waals surface area contributed by atoms with Crippen LogP contribution in [0.15, 0.2) is 88.5 Å². The molecule has 1 heterocycles. The van der Waals surface area contributed by atoms with Gasteiger partial charge in [-0.1, -0.05) is 48.0 Å². The van der Waals surface area contributed by atoms with E-state index in [1.54, 1.807) is 36.4 Å². The maximum atomic E-state index is 13.2. The van der Waals surface area contributed by atoms with Crippen LogP contribution in [0.1, 0.15) is 21.6 Å². The smallest absolute Gasteiger partial charge is 0.320 e. The minimum absolute atomic E-state index is 0.0223. The summed E-state index contributed by atoms with van der Waals surface area (Å²) in [6.07, 6.45) is 0. The number of benzene rings is 3. The van der Waals surface area contributed by atoms with Crippen LogP contribution in [-0.2, 0) is 6.54 Å². The van der Waals surface area contributed by atoms with E-state index >= 15 is 0 Å². The first-order chi connectivity index (χ1) is 15.4. The highest BCUT2D eigenvalue weighted by Crippen LogP contribution is 2.10. The lowest BCUT2D eigenvalue weighted by molar-refractivity contribution is 0.101. The Kier molecular flexibility index (Phi) is 5.76. The first kappa shape index (κ1) is 20.9. The standard InChI is InChI=1S/C24H19FN4O3/c1-16-6-5-7-17(14-16)15-28-23(31)21(22(30)26-19-12-10-18(25)11-13-19)27-29(24(28)32)20-8-3-2-4-9-20/h2-14H,15H2,1H3,(H,26,30). The van der Waals surface area contributed by atoms with Crippen LogP contribution in [0, 0.1) is 12.7 Å². The van der Waals surface area contributed by atoms with Gasteiger partial charge >= 0.3 is 5.69 Å². The molecule has 4 aromatic rings. The van der Waals surface area contributed by atoms with Crippen LogP contribution < -0.4 is 16.6 Å². The van der Waals surface area contributed by atoms with Gasteiger partial charge in [-0.25, -0.2) is 9.18 Å². The molecule has 0 fully saturated rings. The quantitative estimate of drug-likeness (QED) is 0.527. The van der Waals surface area contributed by atoms with Crippen molar-refractivity contribution in [2.24, 2.45) is 0 Å². The van der Waals surface area contributed by atoms with E-state index in [2.05, 4.69) is 10.4 Å². The van der Waals surface area contributed by atoms with Gasteiger partial charge in [0.25, 0.3) is 11.5 Å². The van der Waals surface area contributed by atoms with Gasteiger partial charge in [-0.15, -0.1) is 0 Å². The van der Waals surface area contributed by atoms with Crippen molar-refractivity contribution in [1.82, 2.24) is 14.3 Å². The molecule has 32 heavy (non-hydrogen) atoms. The summed E-state index contributed by atoms with van der Waals surface area (Å²) < 4.78 is 15.2. The fourth-order valence-electron chi connectivity index (χ4n) is 3.25. The predicted molar refractivity (Wildman–Crippen MR) is 119 cm³/mol. The molecule has 7 nitrogen and oxygen atoms in total. The van der Waals surface area contributed by atoms with E-state index in [0.717, 1.165) is 20.4 Å². The second-order valence-corrected chi connectivity index (χ2v) is 7.22. The number of amides is 1. The van der Waals surface area contributed by atoms with Crippen LogP contribution in [-0.4, -0.2) is 20.3 Å². The Balaban J connectivity index is 1.83. The first-order valence-corrected chi connectivity index (χ1v) is 9.84. The van der Waals surface area contributed by atoms with Gasteiger partial charge in [-0.3, -0.25) is 14.2 Å². The van der Waals surface area contributed by atoms with Gasteiger partial charge in [0.1, 0.15) is 5.82 Å². The van der Waals surface area contributed by atoms with Crippen molar-refractivity contribution in [1.29, 1.82) is 0 Å². The summed E-state index contributed by atoms with van der Waals surface area (Å²) in [6.45, 7) is 1.88. The number of para-hydroxylation sites is 1. The van der Waals surface area contributed by atoms with Gasteiger partial charge < -0.3 is 5.32 Å². The largest absolute Gasteiger partial charge is 0.352 e. The molecule has 0 radical (unpaired) electrons. The third kappa shape index (κ3) is 4.39. The first-order valence-electron chi connectivity index (χ1n) is 9.84. The van der Waals surface area contributed by atoms with E-state index in [9.17, 15) is 18.8 Å². The Morgan fingerprint density at radius 1 is 0.969 bits per heavy atom. The number of hydrogen-bond acceptors (Lipinski definition) is 4. The molecule has 0 spiro atoms. The molecular weight excluding hydrogens is 411 g/mol. The maximum Gasteiger partial charge on any atom is 0.352 e. The van der Waals surface area contributed by atoms with E-state index in [-0.39, 0.29) is 6.54 Å². The van der Waals surface area contributed by atoms with Gasteiger partial charge in [0.05, 0.1) is 12.2 Å². The highest BCUT2D eigenvalue weighted by Gasteiger charge is 2.20. The van der Waals surface area contributed by atoms with Gasteiger partial charge in [-0.05, 0) is 48.9 Å². The fourth-order valence-corrected chi connectivity index (χ4v) is 3.25. The molecule has 8 heteroatoms. The molecule has 0 aliphatic rings. The van der Waals surface area contributed by atoms with Crippen molar-refractivity contribution in [3.63, 3.8) is 0 Å². The third-order valence-corrected chi connectivity index (χ3v) is 4.80. The monoisotopic (exact) mass is 430 g/mol. The molecule has 0 saturated carbocycles. The molecule has 1 N–H and O–H groups in total. The van der Waals surface area contributed by atoms with Crippen LogP contribution in [0.25, 0.3) is 5.69 Å². The SMILES string of the molecule is Cc1cccc(Cn2c(=O)c(C(=O)Nc3ccc(F)cc3)nn(-c3ccccc3)c2=O)c1. The fraction of sp³-hybridized carbons (Fsp3) is 0.0833. The molecular formula is C24H19FN4O3. The molecule has 0 bridgehead atoms. The number of carbonyl (C=O) groups is 1.